The van der Waals surface area contributed by atoms with Crippen LogP contribution in [0.25, 0.3) is 0 Å². The Morgan fingerprint density at radius 3 is 2.95 bits per heavy atom. The highest BCUT2D eigenvalue weighted by Crippen LogP contribution is 2.32. The Morgan fingerprint density at radius 1 is 1.52 bits per heavy atom. The fourth-order valence-corrected chi connectivity index (χ4v) is 1.94. The van der Waals surface area contributed by atoms with Gasteiger partial charge in [0.25, 0.3) is 0 Å². The van der Waals surface area contributed by atoms with Crippen LogP contribution in [-0.2, 0) is 4.74 Å². The predicted octanol–water partition coefficient (Wildman–Crippen LogP) is 0.766. The summed E-state index contributed by atoms with van der Waals surface area (Å²) in [6, 6.07) is 4.51. The molecule has 21 heavy (non-hydrogen) atoms. The lowest BCUT2D eigenvalue weighted by molar-refractivity contribution is 0.181. The third kappa shape index (κ3) is 3.54. The Kier molecular flexibility index (Phi) is 4.83. The normalized spacial score (nSPS) is 13.8. The van der Waals surface area contributed by atoms with Gasteiger partial charge in [0.05, 0.1) is 25.9 Å². The van der Waals surface area contributed by atoms with E-state index in [1.165, 1.54) is 12.0 Å². The van der Waals surface area contributed by atoms with Crippen molar-refractivity contribution in [1.29, 1.82) is 0 Å². The number of nitrogens with one attached hydrogen (secondary N) is 2. The number of methoxy groups -OCH3 is 1. The number of hydrogen-bond acceptors (Lipinski definition) is 5. The number of carbonyl (C=O) groups is 2. The molecule has 0 aliphatic carbocycles. The molecule has 0 atom stereocenters. The molecule has 0 spiro atoms. The number of carbonyl (C=O) groups excluding carboxylic acids is 2. The first-order valence-corrected chi connectivity index (χ1v) is 6.43. The molecule has 114 valence electrons. The first kappa shape index (κ1) is 14.9. The molecule has 1 saturated heterocycles. The third-order valence-corrected chi connectivity index (χ3v) is 2.89. The van der Waals surface area contributed by atoms with Crippen LogP contribution in [0.4, 0.5) is 21.0 Å². The van der Waals surface area contributed by atoms with Crippen molar-refractivity contribution >= 4 is 23.5 Å². The summed E-state index contributed by atoms with van der Waals surface area (Å²) in [6.07, 6.45) is -0.422. The van der Waals surface area contributed by atoms with E-state index in [9.17, 15) is 9.59 Å². The lowest BCUT2D eigenvalue weighted by atomic mass is 10.2. The van der Waals surface area contributed by atoms with E-state index in [4.69, 9.17) is 14.6 Å². The zero-order valence-electron chi connectivity index (χ0n) is 11.6. The average molecular weight is 295 g/mol. The molecule has 1 fully saturated rings. The minimum atomic E-state index is -0.431. The monoisotopic (exact) mass is 295 g/mol. The molecule has 1 aromatic carbocycles. The molecule has 3 amide bonds. The number of rotatable bonds is 5. The Bertz CT molecular complexity index is 535. The highest BCUT2D eigenvalue weighted by atomic mass is 16.6. The van der Waals surface area contributed by atoms with E-state index < -0.39 is 12.1 Å². The molecule has 0 aromatic heterocycles. The van der Waals surface area contributed by atoms with Gasteiger partial charge in [0, 0.05) is 18.3 Å². The molecule has 8 nitrogen and oxygen atoms in total. The summed E-state index contributed by atoms with van der Waals surface area (Å²) in [5.74, 6) is 0.453. The maximum absolute atomic E-state index is 11.6. The smallest absolute Gasteiger partial charge is 0.414 e. The molecule has 1 heterocycles. The largest absolute Gasteiger partial charge is 0.494 e. The van der Waals surface area contributed by atoms with Crippen molar-refractivity contribution < 1.29 is 24.2 Å². The van der Waals surface area contributed by atoms with Gasteiger partial charge in [0.2, 0.25) is 0 Å². The molecular weight excluding hydrogens is 278 g/mol. The molecule has 0 saturated carbocycles. The molecule has 1 aromatic rings. The number of hydrogen-bond donors (Lipinski definition) is 3. The molecule has 8 heteroatoms. The summed E-state index contributed by atoms with van der Waals surface area (Å²) in [7, 11) is 1.48. The van der Waals surface area contributed by atoms with E-state index in [-0.39, 0.29) is 13.2 Å². The van der Waals surface area contributed by atoms with Crippen molar-refractivity contribution in [1.82, 2.24) is 5.32 Å². The van der Waals surface area contributed by atoms with Crippen LogP contribution >= 0.6 is 0 Å². The maximum Gasteiger partial charge on any atom is 0.414 e. The first-order valence-electron chi connectivity index (χ1n) is 6.43. The fourth-order valence-electron chi connectivity index (χ4n) is 1.94. The van der Waals surface area contributed by atoms with Gasteiger partial charge in [-0.05, 0) is 12.1 Å². The van der Waals surface area contributed by atoms with Gasteiger partial charge in [0.1, 0.15) is 12.4 Å². The number of cyclic esters (lactones) is 1. The number of anilines is 2. The van der Waals surface area contributed by atoms with E-state index in [1.54, 1.807) is 18.2 Å². The van der Waals surface area contributed by atoms with Crippen LogP contribution in [0.5, 0.6) is 5.75 Å². The van der Waals surface area contributed by atoms with Gasteiger partial charge in [-0.15, -0.1) is 0 Å². The van der Waals surface area contributed by atoms with E-state index in [0.29, 0.717) is 30.3 Å². The zero-order chi connectivity index (χ0) is 15.2. The lowest BCUT2D eigenvalue weighted by Gasteiger charge is -2.17. The van der Waals surface area contributed by atoms with Gasteiger partial charge in [-0.1, -0.05) is 0 Å². The number of urea groups is 1. The first-order chi connectivity index (χ1) is 10.2. The van der Waals surface area contributed by atoms with Crippen LogP contribution in [0, 0.1) is 0 Å². The number of amides is 3. The van der Waals surface area contributed by atoms with Crippen LogP contribution in [0.1, 0.15) is 0 Å². The van der Waals surface area contributed by atoms with Crippen molar-refractivity contribution in [3.8, 4) is 5.75 Å². The predicted molar refractivity (Wildman–Crippen MR) is 75.8 cm³/mol. The van der Waals surface area contributed by atoms with Gasteiger partial charge < -0.3 is 25.2 Å². The summed E-state index contributed by atoms with van der Waals surface area (Å²) >= 11 is 0. The van der Waals surface area contributed by atoms with Crippen molar-refractivity contribution in [2.45, 2.75) is 0 Å². The summed E-state index contributed by atoms with van der Waals surface area (Å²) in [5.41, 5.74) is 1.10. The van der Waals surface area contributed by atoms with E-state index in [0.717, 1.165) is 0 Å². The van der Waals surface area contributed by atoms with Crippen LogP contribution in [-0.4, -0.2) is 50.6 Å². The number of aliphatic hydroxyl groups excluding tert-OH is 1. The topological polar surface area (TPSA) is 100 Å². The van der Waals surface area contributed by atoms with Crippen LogP contribution in [0.15, 0.2) is 18.2 Å². The Labute approximate surface area is 121 Å². The van der Waals surface area contributed by atoms with Gasteiger partial charge >= 0.3 is 12.1 Å². The standard InChI is InChI=1S/C13H17N3O5/c1-20-11-8-9(15-12(18)14-4-6-17)2-3-10(11)16-5-7-21-13(16)19/h2-3,8,17H,4-7H2,1H3,(H2,14,15,18). The molecule has 0 radical (unpaired) electrons. The minimum Gasteiger partial charge on any atom is -0.494 e. The molecule has 1 aliphatic heterocycles. The molecule has 1 aliphatic rings. The van der Waals surface area contributed by atoms with Gasteiger partial charge in [-0.3, -0.25) is 4.90 Å². The summed E-state index contributed by atoms with van der Waals surface area (Å²) in [4.78, 5) is 24.5. The Balaban J connectivity index is 2.12. The lowest BCUT2D eigenvalue weighted by Crippen LogP contribution is -2.31. The van der Waals surface area contributed by atoms with Crippen LogP contribution in [0.2, 0.25) is 0 Å². The molecule has 3 N–H and O–H groups in total. The van der Waals surface area contributed by atoms with Crippen molar-refractivity contribution in [3.63, 3.8) is 0 Å². The van der Waals surface area contributed by atoms with Gasteiger partial charge in [0.15, 0.2) is 0 Å². The van der Waals surface area contributed by atoms with Crippen molar-refractivity contribution in [2.75, 3.05) is 43.6 Å². The third-order valence-electron chi connectivity index (χ3n) is 2.89. The second-order valence-electron chi connectivity index (χ2n) is 4.26. The molecular formula is C13H17N3O5. The quantitative estimate of drug-likeness (QED) is 0.745. The maximum atomic E-state index is 11.6. The number of ether oxygens (including phenoxy) is 2. The SMILES string of the molecule is COc1cc(NC(=O)NCCO)ccc1N1CCOC1=O. The van der Waals surface area contributed by atoms with Crippen molar-refractivity contribution in [3.05, 3.63) is 18.2 Å². The van der Waals surface area contributed by atoms with E-state index >= 15 is 0 Å². The molecule has 0 unspecified atom stereocenters. The highest BCUT2D eigenvalue weighted by Gasteiger charge is 2.26. The van der Waals surface area contributed by atoms with E-state index in [2.05, 4.69) is 10.6 Å². The Morgan fingerprint density at radius 2 is 2.33 bits per heavy atom. The van der Waals surface area contributed by atoms with Gasteiger partial charge in [-0.2, -0.15) is 0 Å². The van der Waals surface area contributed by atoms with Crippen LogP contribution in [0.3, 0.4) is 0 Å². The Hall–Kier alpha value is -2.48. The number of aliphatic hydroxyl groups is 1. The molecule has 2 rings (SSSR count). The fraction of sp³-hybridized carbons (Fsp3) is 0.385. The van der Waals surface area contributed by atoms with Crippen molar-refractivity contribution in [2.24, 2.45) is 0 Å². The summed E-state index contributed by atoms with van der Waals surface area (Å²) in [6.45, 7) is 0.831. The van der Waals surface area contributed by atoms with Crippen LogP contribution < -0.4 is 20.3 Å². The zero-order valence-corrected chi connectivity index (χ0v) is 11.6. The average Bonchev–Trinajstić information content (AvgIpc) is 2.91. The number of benzene rings is 1. The summed E-state index contributed by atoms with van der Waals surface area (Å²) in [5, 5.41) is 13.7. The van der Waals surface area contributed by atoms with Gasteiger partial charge in [-0.25, -0.2) is 9.59 Å². The number of nitrogens with zero attached hydrogens (tertiary/aromatic N) is 1. The minimum absolute atomic E-state index is 0.132. The van der Waals surface area contributed by atoms with E-state index in [1.807, 2.05) is 0 Å². The second-order valence-corrected chi connectivity index (χ2v) is 4.26. The molecule has 0 bridgehead atoms. The summed E-state index contributed by atoms with van der Waals surface area (Å²) < 4.78 is 10.1. The second kappa shape index (κ2) is 6.80. The highest BCUT2D eigenvalue weighted by molar-refractivity contribution is 5.93.